The fraction of sp³-hybridized carbons (Fsp3) is 0.750. The van der Waals surface area contributed by atoms with Crippen molar-refractivity contribution in [2.24, 2.45) is 7.05 Å². The van der Waals surface area contributed by atoms with Crippen molar-refractivity contribution in [1.29, 1.82) is 0 Å². The standard InChI is InChI=1S/C16H29N5O3/c1-13(15-12-17-19(3)14(15)2)18-16(23)21-6-4-20(5-7-21)8-10-24-11-9-22/h12-13,22H,4-11H2,1-3H3,(H,18,23)/t13-/m1/s1. The van der Waals surface area contributed by atoms with Gasteiger partial charge >= 0.3 is 6.03 Å². The van der Waals surface area contributed by atoms with E-state index >= 15 is 0 Å². The van der Waals surface area contributed by atoms with Gasteiger partial charge in [0, 0.05) is 51.0 Å². The number of nitrogens with zero attached hydrogens (tertiary/aromatic N) is 4. The van der Waals surface area contributed by atoms with Crippen molar-refractivity contribution in [1.82, 2.24) is 24.9 Å². The highest BCUT2D eigenvalue weighted by molar-refractivity contribution is 5.74. The van der Waals surface area contributed by atoms with Crippen molar-refractivity contribution >= 4 is 6.03 Å². The smallest absolute Gasteiger partial charge is 0.317 e. The van der Waals surface area contributed by atoms with E-state index in [9.17, 15) is 4.79 Å². The van der Waals surface area contributed by atoms with Gasteiger partial charge in [-0.05, 0) is 13.8 Å². The molecule has 8 heteroatoms. The Bertz CT molecular complexity index is 526. The number of rotatable bonds is 7. The number of nitrogens with one attached hydrogen (secondary N) is 1. The Balaban J connectivity index is 1.73. The number of carbonyl (C=O) groups excluding carboxylic acids is 1. The zero-order valence-corrected chi connectivity index (χ0v) is 14.9. The third-order valence-electron chi connectivity index (χ3n) is 4.53. The first-order valence-electron chi connectivity index (χ1n) is 8.47. The number of aliphatic hydroxyl groups is 1. The molecule has 8 nitrogen and oxygen atoms in total. The van der Waals surface area contributed by atoms with E-state index in [0.717, 1.165) is 30.9 Å². The molecular weight excluding hydrogens is 310 g/mol. The van der Waals surface area contributed by atoms with Crippen LogP contribution in [0.25, 0.3) is 0 Å². The van der Waals surface area contributed by atoms with Gasteiger partial charge in [0.05, 0.1) is 32.1 Å². The van der Waals surface area contributed by atoms with Gasteiger partial charge in [-0.3, -0.25) is 9.58 Å². The van der Waals surface area contributed by atoms with E-state index in [2.05, 4.69) is 15.3 Å². The van der Waals surface area contributed by atoms with Crippen LogP contribution in [0.5, 0.6) is 0 Å². The molecule has 2 heterocycles. The van der Waals surface area contributed by atoms with Crippen LogP contribution in [0.15, 0.2) is 6.20 Å². The predicted molar refractivity (Wildman–Crippen MR) is 90.8 cm³/mol. The number of hydrogen-bond acceptors (Lipinski definition) is 5. The fourth-order valence-corrected chi connectivity index (χ4v) is 2.83. The number of aliphatic hydroxyl groups excluding tert-OH is 1. The SMILES string of the molecule is Cc1c([C@@H](C)NC(=O)N2CCN(CCOCCO)CC2)cnn1C. The lowest BCUT2D eigenvalue weighted by atomic mass is 10.1. The summed E-state index contributed by atoms with van der Waals surface area (Å²) < 4.78 is 7.10. The highest BCUT2D eigenvalue weighted by Gasteiger charge is 2.23. The lowest BCUT2D eigenvalue weighted by molar-refractivity contribution is 0.0617. The van der Waals surface area contributed by atoms with Gasteiger partial charge in [0.2, 0.25) is 0 Å². The Kier molecular flexibility index (Phi) is 7.01. The molecule has 1 aliphatic rings. The van der Waals surface area contributed by atoms with E-state index < -0.39 is 0 Å². The Hall–Kier alpha value is -1.64. The summed E-state index contributed by atoms with van der Waals surface area (Å²) in [6.45, 7) is 8.99. The van der Waals surface area contributed by atoms with Crippen molar-refractivity contribution < 1.29 is 14.6 Å². The maximum Gasteiger partial charge on any atom is 0.317 e. The van der Waals surface area contributed by atoms with E-state index in [-0.39, 0.29) is 18.7 Å². The molecule has 24 heavy (non-hydrogen) atoms. The number of ether oxygens (including phenoxy) is 1. The molecule has 1 aromatic rings. The second-order valence-electron chi connectivity index (χ2n) is 6.14. The largest absolute Gasteiger partial charge is 0.394 e. The second-order valence-corrected chi connectivity index (χ2v) is 6.14. The minimum absolute atomic E-state index is 0.0260. The molecular formula is C16H29N5O3. The molecule has 1 aromatic heterocycles. The maximum absolute atomic E-state index is 12.4. The molecule has 0 bridgehead atoms. The topological polar surface area (TPSA) is 82.9 Å². The van der Waals surface area contributed by atoms with Crippen LogP contribution >= 0.6 is 0 Å². The van der Waals surface area contributed by atoms with E-state index in [4.69, 9.17) is 9.84 Å². The zero-order chi connectivity index (χ0) is 17.5. The van der Waals surface area contributed by atoms with E-state index in [1.54, 1.807) is 0 Å². The van der Waals surface area contributed by atoms with Gasteiger partial charge in [0.1, 0.15) is 0 Å². The Morgan fingerprint density at radius 2 is 2.08 bits per heavy atom. The normalized spacial score (nSPS) is 17.1. The molecule has 0 spiro atoms. The van der Waals surface area contributed by atoms with E-state index in [1.807, 2.05) is 36.7 Å². The van der Waals surface area contributed by atoms with Crippen LogP contribution < -0.4 is 5.32 Å². The van der Waals surface area contributed by atoms with Crippen LogP contribution in [-0.2, 0) is 11.8 Å². The van der Waals surface area contributed by atoms with Gasteiger partial charge in [-0.25, -0.2) is 4.79 Å². The highest BCUT2D eigenvalue weighted by atomic mass is 16.5. The van der Waals surface area contributed by atoms with Crippen molar-refractivity contribution in [3.05, 3.63) is 17.5 Å². The lowest BCUT2D eigenvalue weighted by Crippen LogP contribution is -2.52. The molecule has 2 N–H and O–H groups in total. The molecule has 0 saturated carbocycles. The van der Waals surface area contributed by atoms with Crippen LogP contribution in [-0.4, -0.2) is 83.3 Å². The first-order chi connectivity index (χ1) is 11.5. The minimum atomic E-state index is -0.0592. The molecule has 2 amide bonds. The van der Waals surface area contributed by atoms with Crippen LogP contribution in [0.3, 0.4) is 0 Å². The van der Waals surface area contributed by atoms with Crippen LogP contribution in [0.1, 0.15) is 24.2 Å². The maximum atomic E-state index is 12.4. The minimum Gasteiger partial charge on any atom is -0.394 e. The van der Waals surface area contributed by atoms with Crippen LogP contribution in [0.2, 0.25) is 0 Å². The molecule has 0 aromatic carbocycles. The monoisotopic (exact) mass is 339 g/mol. The van der Waals surface area contributed by atoms with Gasteiger partial charge < -0.3 is 20.1 Å². The fourth-order valence-electron chi connectivity index (χ4n) is 2.83. The third kappa shape index (κ3) is 4.93. The molecule has 136 valence electrons. The molecule has 0 radical (unpaired) electrons. The predicted octanol–water partition coefficient (Wildman–Crippen LogP) is 0.126. The Labute approximate surface area is 143 Å². The quantitative estimate of drug-likeness (QED) is 0.690. The molecule has 0 unspecified atom stereocenters. The van der Waals surface area contributed by atoms with Crippen molar-refractivity contribution in [3.63, 3.8) is 0 Å². The summed E-state index contributed by atoms with van der Waals surface area (Å²) >= 11 is 0. The zero-order valence-electron chi connectivity index (χ0n) is 14.9. The number of amides is 2. The van der Waals surface area contributed by atoms with Crippen molar-refractivity contribution in [2.45, 2.75) is 19.9 Å². The Morgan fingerprint density at radius 3 is 2.67 bits per heavy atom. The van der Waals surface area contributed by atoms with Crippen LogP contribution in [0.4, 0.5) is 4.79 Å². The van der Waals surface area contributed by atoms with Gasteiger partial charge in [0.25, 0.3) is 0 Å². The number of piperazine rings is 1. The van der Waals surface area contributed by atoms with Crippen molar-refractivity contribution in [3.8, 4) is 0 Å². The summed E-state index contributed by atoms with van der Waals surface area (Å²) in [7, 11) is 1.90. The number of hydrogen-bond donors (Lipinski definition) is 2. The van der Waals surface area contributed by atoms with E-state index in [1.165, 1.54) is 0 Å². The third-order valence-corrected chi connectivity index (χ3v) is 4.53. The molecule has 2 rings (SSSR count). The summed E-state index contributed by atoms with van der Waals surface area (Å²) in [6.07, 6.45) is 1.81. The molecule has 1 fully saturated rings. The highest BCUT2D eigenvalue weighted by Crippen LogP contribution is 2.16. The first kappa shape index (κ1) is 18.7. The summed E-state index contributed by atoms with van der Waals surface area (Å²) in [5, 5.41) is 16.0. The summed E-state index contributed by atoms with van der Waals surface area (Å²) in [6, 6.07) is -0.0851. The lowest BCUT2D eigenvalue weighted by Gasteiger charge is -2.35. The van der Waals surface area contributed by atoms with Gasteiger partial charge in [-0.15, -0.1) is 0 Å². The van der Waals surface area contributed by atoms with Gasteiger partial charge in [-0.1, -0.05) is 0 Å². The van der Waals surface area contributed by atoms with Crippen molar-refractivity contribution in [2.75, 3.05) is 52.5 Å². The van der Waals surface area contributed by atoms with Crippen LogP contribution in [0, 0.1) is 6.92 Å². The molecule has 1 atom stereocenters. The average molecular weight is 339 g/mol. The number of carbonyl (C=O) groups is 1. The summed E-state index contributed by atoms with van der Waals surface area (Å²) in [5.41, 5.74) is 2.11. The molecule has 1 saturated heterocycles. The summed E-state index contributed by atoms with van der Waals surface area (Å²) in [5.74, 6) is 0. The van der Waals surface area contributed by atoms with Gasteiger partial charge in [-0.2, -0.15) is 5.10 Å². The molecule has 0 aliphatic carbocycles. The van der Waals surface area contributed by atoms with E-state index in [0.29, 0.717) is 26.3 Å². The number of aryl methyl sites for hydroxylation is 1. The Morgan fingerprint density at radius 1 is 1.38 bits per heavy atom. The number of urea groups is 1. The number of aromatic nitrogens is 2. The average Bonchev–Trinajstić information content (AvgIpc) is 2.91. The second kappa shape index (κ2) is 9.00. The summed E-state index contributed by atoms with van der Waals surface area (Å²) in [4.78, 5) is 16.6. The van der Waals surface area contributed by atoms with Gasteiger partial charge in [0.15, 0.2) is 0 Å². The molecule has 1 aliphatic heterocycles. The first-order valence-corrected chi connectivity index (χ1v) is 8.47.